The SMILES string of the molecule is CN(C)c1cnn(Cc2cc(C#CCN)cs2)c(=O)c1. The summed E-state index contributed by atoms with van der Waals surface area (Å²) in [6.07, 6.45) is 1.68. The number of hydrogen-bond acceptors (Lipinski definition) is 5. The molecule has 0 bridgehead atoms. The van der Waals surface area contributed by atoms with Crippen LogP contribution in [0.5, 0.6) is 0 Å². The van der Waals surface area contributed by atoms with E-state index in [0.29, 0.717) is 13.1 Å². The Balaban J connectivity index is 2.18. The molecule has 0 aromatic carbocycles. The van der Waals surface area contributed by atoms with Crippen molar-refractivity contribution in [2.75, 3.05) is 25.5 Å². The van der Waals surface area contributed by atoms with Gasteiger partial charge in [-0.05, 0) is 6.07 Å². The Kier molecular flexibility index (Phi) is 4.56. The molecule has 0 fully saturated rings. The number of anilines is 1. The molecule has 5 nitrogen and oxygen atoms in total. The fraction of sp³-hybridized carbons (Fsp3) is 0.286. The van der Waals surface area contributed by atoms with Crippen molar-refractivity contribution in [1.82, 2.24) is 9.78 Å². The van der Waals surface area contributed by atoms with Gasteiger partial charge in [-0.15, -0.1) is 11.3 Å². The maximum absolute atomic E-state index is 12.0. The van der Waals surface area contributed by atoms with Crippen LogP contribution in [0.3, 0.4) is 0 Å². The summed E-state index contributed by atoms with van der Waals surface area (Å²) in [7, 11) is 3.75. The van der Waals surface area contributed by atoms with Crippen LogP contribution in [0.2, 0.25) is 0 Å². The Morgan fingerprint density at radius 3 is 2.90 bits per heavy atom. The van der Waals surface area contributed by atoms with Crippen LogP contribution in [0.1, 0.15) is 10.4 Å². The van der Waals surface area contributed by atoms with E-state index in [1.54, 1.807) is 23.6 Å². The van der Waals surface area contributed by atoms with Gasteiger partial charge in [0.2, 0.25) is 0 Å². The lowest BCUT2D eigenvalue weighted by atomic mass is 10.3. The Hall–Kier alpha value is -2.10. The van der Waals surface area contributed by atoms with Gasteiger partial charge in [-0.3, -0.25) is 4.79 Å². The summed E-state index contributed by atoms with van der Waals surface area (Å²) in [6.45, 7) is 0.805. The van der Waals surface area contributed by atoms with Crippen LogP contribution >= 0.6 is 11.3 Å². The van der Waals surface area contributed by atoms with Gasteiger partial charge in [0.15, 0.2) is 0 Å². The normalized spacial score (nSPS) is 9.95. The van der Waals surface area contributed by atoms with E-state index in [2.05, 4.69) is 16.9 Å². The highest BCUT2D eigenvalue weighted by atomic mass is 32.1. The predicted molar refractivity (Wildman–Crippen MR) is 82.2 cm³/mol. The van der Waals surface area contributed by atoms with E-state index in [1.165, 1.54) is 4.68 Å². The first kappa shape index (κ1) is 14.3. The molecule has 2 aromatic heterocycles. The van der Waals surface area contributed by atoms with Gasteiger partial charge in [0.1, 0.15) is 0 Å². The third kappa shape index (κ3) is 3.47. The van der Waals surface area contributed by atoms with Gasteiger partial charge >= 0.3 is 0 Å². The maximum atomic E-state index is 12.0. The first-order chi connectivity index (χ1) is 9.60. The quantitative estimate of drug-likeness (QED) is 0.846. The van der Waals surface area contributed by atoms with Crippen LogP contribution in [0.25, 0.3) is 0 Å². The Labute approximate surface area is 121 Å². The van der Waals surface area contributed by atoms with E-state index >= 15 is 0 Å². The predicted octanol–water partition coefficient (Wildman–Crippen LogP) is 0.729. The first-order valence-electron chi connectivity index (χ1n) is 6.11. The number of nitrogens with two attached hydrogens (primary N) is 1. The van der Waals surface area contributed by atoms with Gasteiger partial charge in [-0.2, -0.15) is 5.10 Å². The average molecular weight is 288 g/mol. The van der Waals surface area contributed by atoms with Crippen molar-refractivity contribution < 1.29 is 0 Å². The minimum atomic E-state index is -0.112. The lowest BCUT2D eigenvalue weighted by molar-refractivity contribution is 0.644. The van der Waals surface area contributed by atoms with Gasteiger partial charge in [0.25, 0.3) is 5.56 Å². The van der Waals surface area contributed by atoms with Crippen molar-refractivity contribution >= 4 is 17.0 Å². The highest BCUT2D eigenvalue weighted by Crippen LogP contribution is 2.14. The number of thiophene rings is 1. The zero-order valence-corrected chi connectivity index (χ0v) is 12.3. The summed E-state index contributed by atoms with van der Waals surface area (Å²) < 4.78 is 1.44. The summed E-state index contributed by atoms with van der Waals surface area (Å²) >= 11 is 1.56. The molecule has 0 saturated heterocycles. The molecular weight excluding hydrogens is 272 g/mol. The molecule has 6 heteroatoms. The molecule has 0 spiro atoms. The fourth-order valence-electron chi connectivity index (χ4n) is 1.62. The fourth-order valence-corrected chi connectivity index (χ4v) is 2.41. The second-order valence-electron chi connectivity index (χ2n) is 4.41. The lowest BCUT2D eigenvalue weighted by Gasteiger charge is -2.11. The van der Waals surface area contributed by atoms with E-state index < -0.39 is 0 Å². The van der Waals surface area contributed by atoms with E-state index in [-0.39, 0.29) is 5.56 Å². The lowest BCUT2D eigenvalue weighted by Crippen LogP contribution is -2.24. The summed E-state index contributed by atoms with van der Waals surface area (Å²) in [5.41, 5.74) is 6.95. The van der Waals surface area contributed by atoms with Crippen molar-refractivity contribution in [2.45, 2.75) is 6.54 Å². The van der Waals surface area contributed by atoms with Crippen LogP contribution in [0, 0.1) is 11.8 Å². The van der Waals surface area contributed by atoms with Crippen LogP contribution in [0.15, 0.2) is 28.5 Å². The summed E-state index contributed by atoms with van der Waals surface area (Å²) in [5.74, 6) is 5.78. The molecule has 0 aliphatic rings. The molecule has 0 unspecified atom stereocenters. The molecule has 0 saturated carbocycles. The molecule has 2 aromatic rings. The van der Waals surface area contributed by atoms with Gasteiger partial charge in [-0.1, -0.05) is 11.8 Å². The minimum absolute atomic E-state index is 0.112. The Bertz CT molecular complexity index is 706. The summed E-state index contributed by atoms with van der Waals surface area (Å²) in [4.78, 5) is 14.9. The molecule has 20 heavy (non-hydrogen) atoms. The molecule has 2 rings (SSSR count). The largest absolute Gasteiger partial charge is 0.376 e. The summed E-state index contributed by atoms with van der Waals surface area (Å²) in [6, 6.07) is 3.54. The Morgan fingerprint density at radius 2 is 2.25 bits per heavy atom. The zero-order valence-electron chi connectivity index (χ0n) is 11.5. The van der Waals surface area contributed by atoms with Gasteiger partial charge in [-0.25, -0.2) is 4.68 Å². The van der Waals surface area contributed by atoms with Crippen molar-refractivity contribution in [3.63, 3.8) is 0 Å². The van der Waals surface area contributed by atoms with Crippen molar-refractivity contribution in [3.8, 4) is 11.8 Å². The van der Waals surface area contributed by atoms with Gasteiger partial charge < -0.3 is 10.6 Å². The second-order valence-corrected chi connectivity index (χ2v) is 5.41. The number of hydrogen-bond donors (Lipinski definition) is 1. The molecule has 0 aliphatic carbocycles. The number of aromatic nitrogens is 2. The molecule has 0 aliphatic heterocycles. The highest BCUT2D eigenvalue weighted by molar-refractivity contribution is 7.10. The van der Waals surface area contributed by atoms with Gasteiger partial charge in [0.05, 0.1) is 25.0 Å². The minimum Gasteiger partial charge on any atom is -0.376 e. The second kappa shape index (κ2) is 6.37. The molecule has 2 N–H and O–H groups in total. The Morgan fingerprint density at radius 1 is 1.45 bits per heavy atom. The maximum Gasteiger partial charge on any atom is 0.269 e. The summed E-state index contributed by atoms with van der Waals surface area (Å²) in [5, 5.41) is 6.13. The standard InChI is InChI=1S/C14H16N4OS/c1-17(2)12-7-14(19)18(16-8-12)9-13-6-11(10-20-13)4-3-5-15/h6-8,10H,5,9,15H2,1-2H3. The topological polar surface area (TPSA) is 64.2 Å². The van der Waals surface area contributed by atoms with E-state index in [9.17, 15) is 4.79 Å². The molecule has 2 heterocycles. The molecule has 0 radical (unpaired) electrons. The number of nitrogens with zero attached hydrogens (tertiary/aromatic N) is 3. The van der Waals surface area contributed by atoms with Crippen LogP contribution in [-0.2, 0) is 6.54 Å². The highest BCUT2D eigenvalue weighted by Gasteiger charge is 2.04. The third-order valence-electron chi connectivity index (χ3n) is 2.67. The molecular formula is C14H16N4OS. The van der Waals surface area contributed by atoms with Gasteiger partial charge in [0, 0.05) is 36.0 Å². The average Bonchev–Trinajstić information content (AvgIpc) is 2.86. The van der Waals surface area contributed by atoms with Crippen molar-refractivity contribution in [2.24, 2.45) is 5.73 Å². The first-order valence-corrected chi connectivity index (χ1v) is 6.99. The number of rotatable bonds is 3. The monoisotopic (exact) mass is 288 g/mol. The van der Waals surface area contributed by atoms with E-state index in [4.69, 9.17) is 5.73 Å². The van der Waals surface area contributed by atoms with Crippen LogP contribution in [0.4, 0.5) is 5.69 Å². The molecule has 0 atom stereocenters. The molecule has 104 valence electrons. The van der Waals surface area contributed by atoms with Crippen molar-refractivity contribution in [1.29, 1.82) is 0 Å². The van der Waals surface area contributed by atoms with Crippen molar-refractivity contribution in [3.05, 3.63) is 44.5 Å². The van der Waals surface area contributed by atoms with Crippen LogP contribution in [-0.4, -0.2) is 30.4 Å². The van der Waals surface area contributed by atoms with E-state index in [0.717, 1.165) is 16.1 Å². The molecule has 0 amide bonds. The van der Waals surface area contributed by atoms with Crippen LogP contribution < -0.4 is 16.2 Å². The third-order valence-corrected chi connectivity index (χ3v) is 3.59. The zero-order chi connectivity index (χ0) is 14.5. The van der Waals surface area contributed by atoms with E-state index in [1.807, 2.05) is 30.4 Å². The smallest absolute Gasteiger partial charge is 0.269 e.